The zero-order valence-corrected chi connectivity index (χ0v) is 21.0. The number of piperazine rings is 1. The third-order valence-corrected chi connectivity index (χ3v) is 7.26. The summed E-state index contributed by atoms with van der Waals surface area (Å²) in [5, 5.41) is 6.48. The van der Waals surface area contributed by atoms with Gasteiger partial charge in [0.25, 0.3) is 5.56 Å². The van der Waals surface area contributed by atoms with Crippen molar-refractivity contribution in [3.05, 3.63) is 63.6 Å². The molecule has 2 fully saturated rings. The zero-order valence-electron chi connectivity index (χ0n) is 19.4. The largest absolute Gasteiger partial charge is 0.369 e. The second-order valence-electron chi connectivity index (χ2n) is 9.05. The van der Waals surface area contributed by atoms with Crippen LogP contribution < -0.4 is 21.1 Å². The van der Waals surface area contributed by atoms with Crippen molar-refractivity contribution < 1.29 is 0 Å². The molecule has 178 valence electrons. The van der Waals surface area contributed by atoms with Crippen LogP contribution >= 0.6 is 15.9 Å². The highest BCUT2D eigenvalue weighted by atomic mass is 79.9. The third kappa shape index (κ3) is 5.10. The molecule has 0 amide bonds. The first-order chi connectivity index (χ1) is 16.6. The Kier molecular flexibility index (Phi) is 6.82. The molecule has 0 bridgehead atoms. The highest BCUT2D eigenvalue weighted by Gasteiger charge is 2.19. The average molecular weight is 524 g/mol. The van der Waals surface area contributed by atoms with Crippen LogP contribution in [-0.2, 0) is 0 Å². The maximum absolute atomic E-state index is 13.0. The Morgan fingerprint density at radius 2 is 1.74 bits per heavy atom. The fourth-order valence-electron chi connectivity index (χ4n) is 4.67. The molecule has 1 aliphatic carbocycles. The van der Waals surface area contributed by atoms with Crippen molar-refractivity contribution >= 4 is 44.8 Å². The van der Waals surface area contributed by atoms with Crippen LogP contribution in [0.1, 0.15) is 31.7 Å². The van der Waals surface area contributed by atoms with Gasteiger partial charge in [-0.3, -0.25) is 4.79 Å². The van der Waals surface area contributed by atoms with Gasteiger partial charge in [-0.2, -0.15) is 4.98 Å². The lowest BCUT2D eigenvalue weighted by Crippen LogP contribution is -2.44. The first-order valence-corrected chi connectivity index (χ1v) is 12.7. The van der Waals surface area contributed by atoms with Gasteiger partial charge in [0.1, 0.15) is 5.69 Å². The first-order valence-electron chi connectivity index (χ1n) is 11.9. The van der Waals surface area contributed by atoms with Gasteiger partial charge < -0.3 is 25.0 Å². The van der Waals surface area contributed by atoms with E-state index in [2.05, 4.69) is 65.5 Å². The van der Waals surface area contributed by atoms with Crippen molar-refractivity contribution in [2.75, 3.05) is 48.8 Å². The van der Waals surface area contributed by atoms with Gasteiger partial charge in [0.2, 0.25) is 5.95 Å². The molecular weight excluding hydrogens is 494 g/mol. The number of anilines is 5. The molecule has 1 aromatic carbocycles. The van der Waals surface area contributed by atoms with Crippen LogP contribution in [0.5, 0.6) is 0 Å². The third-order valence-electron chi connectivity index (χ3n) is 6.68. The maximum Gasteiger partial charge on any atom is 0.274 e. The molecule has 2 aromatic heterocycles. The van der Waals surface area contributed by atoms with E-state index in [0.717, 1.165) is 44.7 Å². The first kappa shape index (κ1) is 22.9. The van der Waals surface area contributed by atoms with Crippen LogP contribution in [-0.4, -0.2) is 52.7 Å². The van der Waals surface area contributed by atoms with Crippen LogP contribution in [0.4, 0.5) is 28.8 Å². The summed E-state index contributed by atoms with van der Waals surface area (Å²) in [7, 11) is 2.16. The van der Waals surface area contributed by atoms with Gasteiger partial charge in [0.05, 0.1) is 4.47 Å². The number of benzene rings is 1. The Morgan fingerprint density at radius 3 is 2.47 bits per heavy atom. The minimum absolute atomic E-state index is 0.0195. The second-order valence-corrected chi connectivity index (χ2v) is 9.90. The van der Waals surface area contributed by atoms with Crippen LogP contribution in [0.3, 0.4) is 0 Å². The number of halogens is 1. The minimum Gasteiger partial charge on any atom is -0.369 e. The standard InChI is InChI=1S/C25H30BrN7O/c1-31-13-15-32(16-14-31)19-10-8-18(9-11-19)28-25-27-17-21(26)23(30-25)29-22-7-4-12-33(24(22)34)20-5-2-3-6-20/h4,7-12,17,20H,2-3,5-6,13-16H2,1H3,(H2,27,28,29,30). The van der Waals surface area contributed by atoms with Gasteiger partial charge in [-0.05, 0) is 72.2 Å². The van der Waals surface area contributed by atoms with Crippen LogP contribution in [0.2, 0.25) is 0 Å². The fourth-order valence-corrected chi connectivity index (χ4v) is 4.96. The van der Waals surface area contributed by atoms with Crippen molar-refractivity contribution in [2.45, 2.75) is 31.7 Å². The van der Waals surface area contributed by atoms with E-state index in [4.69, 9.17) is 0 Å². The molecule has 34 heavy (non-hydrogen) atoms. The summed E-state index contributed by atoms with van der Waals surface area (Å²) in [5.74, 6) is 1.01. The highest BCUT2D eigenvalue weighted by molar-refractivity contribution is 9.10. The lowest BCUT2D eigenvalue weighted by Gasteiger charge is -2.34. The Bertz CT molecular complexity index is 1180. The number of hydrogen-bond donors (Lipinski definition) is 2. The van der Waals surface area contributed by atoms with Crippen molar-refractivity contribution in [3.63, 3.8) is 0 Å². The molecule has 0 spiro atoms. The predicted octanol–water partition coefficient (Wildman–Crippen LogP) is 4.75. The summed E-state index contributed by atoms with van der Waals surface area (Å²) < 4.78 is 2.55. The number of rotatable bonds is 6. The van der Waals surface area contributed by atoms with Crippen molar-refractivity contribution in [1.82, 2.24) is 19.4 Å². The number of nitrogens with one attached hydrogen (secondary N) is 2. The number of likely N-dealkylation sites (N-methyl/N-ethyl adjacent to an activating group) is 1. The van der Waals surface area contributed by atoms with Gasteiger partial charge in [0.15, 0.2) is 5.82 Å². The Balaban J connectivity index is 1.30. The van der Waals surface area contributed by atoms with Crippen LogP contribution in [0, 0.1) is 0 Å². The number of nitrogens with zero attached hydrogens (tertiary/aromatic N) is 5. The molecule has 1 saturated heterocycles. The summed E-state index contributed by atoms with van der Waals surface area (Å²) in [5.41, 5.74) is 2.62. The average Bonchev–Trinajstić information content (AvgIpc) is 3.38. The molecule has 3 aromatic rings. The predicted molar refractivity (Wildman–Crippen MR) is 141 cm³/mol. The Labute approximate surface area is 208 Å². The SMILES string of the molecule is CN1CCN(c2ccc(Nc3ncc(Br)c(Nc4cccn(C5CCCC5)c4=O)n3)cc2)CC1. The zero-order chi connectivity index (χ0) is 23.5. The molecule has 9 heteroatoms. The number of aromatic nitrogens is 3. The summed E-state index contributed by atoms with van der Waals surface area (Å²) in [6.07, 6.45) is 8.05. The van der Waals surface area contributed by atoms with E-state index in [-0.39, 0.29) is 11.6 Å². The van der Waals surface area contributed by atoms with Crippen molar-refractivity contribution in [3.8, 4) is 0 Å². The smallest absolute Gasteiger partial charge is 0.274 e. The topological polar surface area (TPSA) is 78.3 Å². The van der Waals surface area contributed by atoms with Gasteiger partial charge >= 0.3 is 0 Å². The van der Waals surface area contributed by atoms with Crippen molar-refractivity contribution in [2.24, 2.45) is 0 Å². The van der Waals surface area contributed by atoms with Crippen LogP contribution in [0.25, 0.3) is 0 Å². The molecule has 1 aliphatic heterocycles. The molecule has 1 saturated carbocycles. The molecule has 0 radical (unpaired) electrons. The Hall–Kier alpha value is -2.91. The lowest BCUT2D eigenvalue weighted by atomic mass is 10.2. The van der Waals surface area contributed by atoms with Gasteiger partial charge in [-0.25, -0.2) is 4.98 Å². The Morgan fingerprint density at radius 1 is 1.00 bits per heavy atom. The second kappa shape index (κ2) is 10.1. The van der Waals surface area contributed by atoms with Crippen molar-refractivity contribution in [1.29, 1.82) is 0 Å². The lowest BCUT2D eigenvalue weighted by molar-refractivity contribution is 0.313. The summed E-state index contributed by atoms with van der Waals surface area (Å²) in [4.78, 5) is 26.8. The van der Waals surface area contributed by atoms with E-state index < -0.39 is 0 Å². The molecule has 5 rings (SSSR count). The fraction of sp³-hybridized carbons (Fsp3) is 0.400. The van der Waals surface area contributed by atoms with E-state index in [1.165, 1.54) is 18.5 Å². The molecule has 0 unspecified atom stereocenters. The normalized spacial score (nSPS) is 17.2. The summed E-state index contributed by atoms with van der Waals surface area (Å²) in [6, 6.07) is 12.3. The molecule has 3 heterocycles. The quantitative estimate of drug-likeness (QED) is 0.482. The van der Waals surface area contributed by atoms with E-state index in [1.807, 2.05) is 29.0 Å². The summed E-state index contributed by atoms with van der Waals surface area (Å²) in [6.45, 7) is 4.23. The van der Waals surface area contributed by atoms with E-state index in [1.54, 1.807) is 12.3 Å². The minimum atomic E-state index is -0.0195. The molecule has 0 atom stereocenters. The number of pyridine rings is 1. The molecule has 2 aliphatic rings. The van der Waals surface area contributed by atoms with Crippen LogP contribution in [0.15, 0.2) is 58.1 Å². The highest BCUT2D eigenvalue weighted by Crippen LogP contribution is 2.29. The number of hydrogen-bond acceptors (Lipinski definition) is 7. The molecular formula is C25H30BrN7O. The van der Waals surface area contributed by atoms with Gasteiger partial charge in [-0.1, -0.05) is 12.8 Å². The van der Waals surface area contributed by atoms with Gasteiger partial charge in [0, 0.05) is 56.0 Å². The van der Waals surface area contributed by atoms with E-state index >= 15 is 0 Å². The molecule has 8 nitrogen and oxygen atoms in total. The van der Waals surface area contributed by atoms with E-state index in [9.17, 15) is 4.79 Å². The molecule has 2 N–H and O–H groups in total. The summed E-state index contributed by atoms with van der Waals surface area (Å²) >= 11 is 3.51. The van der Waals surface area contributed by atoms with E-state index in [0.29, 0.717) is 21.9 Å². The van der Waals surface area contributed by atoms with Gasteiger partial charge in [-0.15, -0.1) is 0 Å². The maximum atomic E-state index is 13.0. The monoisotopic (exact) mass is 523 g/mol.